The van der Waals surface area contributed by atoms with Gasteiger partial charge in [0, 0.05) is 25.3 Å². The van der Waals surface area contributed by atoms with Gasteiger partial charge in [0.15, 0.2) is 0 Å². The summed E-state index contributed by atoms with van der Waals surface area (Å²) >= 11 is 0. The van der Waals surface area contributed by atoms with E-state index in [2.05, 4.69) is 39.5 Å². The molecule has 0 saturated heterocycles. The van der Waals surface area contributed by atoms with E-state index in [4.69, 9.17) is 0 Å². The summed E-state index contributed by atoms with van der Waals surface area (Å²) in [5, 5.41) is 9.90. The van der Waals surface area contributed by atoms with E-state index in [1.165, 1.54) is 37.8 Å². The fourth-order valence-electron chi connectivity index (χ4n) is 3.68. The summed E-state index contributed by atoms with van der Waals surface area (Å²) in [6.45, 7) is 5.58. The Morgan fingerprint density at radius 3 is 2.82 bits per heavy atom. The predicted octanol–water partition coefficient (Wildman–Crippen LogP) is 3.16. The minimum atomic E-state index is -0.290. The quantitative estimate of drug-likeness (QED) is 0.922. The van der Waals surface area contributed by atoms with E-state index in [0.717, 1.165) is 24.4 Å². The molecular formula is C18H27N3O. The molecule has 0 radical (unpaired) electrons. The van der Waals surface area contributed by atoms with Crippen LogP contribution in [0.25, 0.3) is 5.65 Å². The Labute approximate surface area is 132 Å². The first kappa shape index (κ1) is 15.5. The smallest absolute Gasteiger partial charge is 0.137 e. The van der Waals surface area contributed by atoms with Gasteiger partial charge >= 0.3 is 0 Å². The van der Waals surface area contributed by atoms with Gasteiger partial charge in [0.25, 0.3) is 0 Å². The molecular weight excluding hydrogens is 274 g/mol. The molecule has 22 heavy (non-hydrogen) atoms. The maximum Gasteiger partial charge on any atom is 0.137 e. The van der Waals surface area contributed by atoms with Gasteiger partial charge in [-0.2, -0.15) is 0 Å². The lowest BCUT2D eigenvalue weighted by Crippen LogP contribution is -2.40. The summed E-state index contributed by atoms with van der Waals surface area (Å²) in [4.78, 5) is 7.13. The summed E-state index contributed by atoms with van der Waals surface area (Å²) in [5.74, 6) is 0. The summed E-state index contributed by atoms with van der Waals surface area (Å²) in [6.07, 6.45) is 8.28. The molecule has 1 unspecified atom stereocenters. The summed E-state index contributed by atoms with van der Waals surface area (Å²) in [7, 11) is 0. The average Bonchev–Trinajstić information content (AvgIpc) is 2.83. The van der Waals surface area contributed by atoms with Crippen molar-refractivity contribution in [3.05, 3.63) is 35.8 Å². The highest BCUT2D eigenvalue weighted by Gasteiger charge is 2.24. The fraction of sp³-hybridized carbons (Fsp3) is 0.611. The van der Waals surface area contributed by atoms with Crippen molar-refractivity contribution in [2.24, 2.45) is 0 Å². The van der Waals surface area contributed by atoms with Crippen LogP contribution in [0, 0.1) is 6.92 Å². The van der Waals surface area contributed by atoms with Gasteiger partial charge in [-0.1, -0.05) is 25.3 Å². The van der Waals surface area contributed by atoms with Crippen LogP contribution in [0.15, 0.2) is 24.4 Å². The highest BCUT2D eigenvalue weighted by atomic mass is 16.3. The summed E-state index contributed by atoms with van der Waals surface area (Å²) in [6, 6.07) is 6.73. The topological polar surface area (TPSA) is 40.8 Å². The summed E-state index contributed by atoms with van der Waals surface area (Å²) in [5.41, 5.74) is 3.36. The van der Waals surface area contributed by atoms with Crippen LogP contribution in [-0.2, 0) is 6.54 Å². The van der Waals surface area contributed by atoms with Crippen molar-refractivity contribution < 1.29 is 5.11 Å². The molecule has 4 nitrogen and oxygen atoms in total. The molecule has 120 valence electrons. The van der Waals surface area contributed by atoms with Crippen LogP contribution < -0.4 is 0 Å². The maximum absolute atomic E-state index is 9.90. The van der Waals surface area contributed by atoms with Gasteiger partial charge in [0.05, 0.1) is 17.5 Å². The number of aliphatic hydroxyl groups is 1. The number of aryl methyl sites for hydroxylation is 1. The Balaban J connectivity index is 1.86. The lowest BCUT2D eigenvalue weighted by molar-refractivity contribution is 0.0756. The van der Waals surface area contributed by atoms with E-state index in [0.29, 0.717) is 6.04 Å². The van der Waals surface area contributed by atoms with Crippen molar-refractivity contribution in [3.63, 3.8) is 0 Å². The third-order valence-corrected chi connectivity index (χ3v) is 4.77. The van der Waals surface area contributed by atoms with Crippen molar-refractivity contribution in [1.29, 1.82) is 0 Å². The van der Waals surface area contributed by atoms with Gasteiger partial charge in [-0.25, -0.2) is 4.98 Å². The molecule has 1 saturated carbocycles. The molecule has 1 N–H and O–H groups in total. The molecule has 4 heteroatoms. The largest absolute Gasteiger partial charge is 0.392 e. The van der Waals surface area contributed by atoms with Crippen LogP contribution in [0.3, 0.4) is 0 Å². The van der Waals surface area contributed by atoms with E-state index in [-0.39, 0.29) is 6.10 Å². The molecule has 2 aromatic heterocycles. The minimum Gasteiger partial charge on any atom is -0.392 e. The second-order valence-electron chi connectivity index (χ2n) is 6.64. The number of pyridine rings is 1. The van der Waals surface area contributed by atoms with Gasteiger partial charge in [-0.15, -0.1) is 0 Å². The lowest BCUT2D eigenvalue weighted by atomic mass is 9.94. The molecule has 0 bridgehead atoms. The summed E-state index contributed by atoms with van der Waals surface area (Å²) < 4.78 is 2.19. The van der Waals surface area contributed by atoms with Crippen molar-refractivity contribution >= 4 is 5.65 Å². The molecule has 0 amide bonds. The molecule has 1 atom stereocenters. The average molecular weight is 301 g/mol. The molecule has 1 fully saturated rings. The predicted molar refractivity (Wildman–Crippen MR) is 88.9 cm³/mol. The fourth-order valence-corrected chi connectivity index (χ4v) is 3.68. The van der Waals surface area contributed by atoms with Crippen molar-refractivity contribution in [1.82, 2.24) is 14.3 Å². The zero-order chi connectivity index (χ0) is 15.5. The maximum atomic E-state index is 9.90. The standard InChI is InChI=1S/C18H27N3O/c1-14(22)12-20(16-8-4-3-5-9-16)13-17-15(2)19-18-10-6-7-11-21(17)18/h6-7,10-11,14,16,22H,3-5,8-9,12-13H2,1-2H3. The van der Waals surface area contributed by atoms with E-state index >= 15 is 0 Å². The number of hydrogen-bond donors (Lipinski definition) is 1. The van der Waals surface area contributed by atoms with Crippen molar-refractivity contribution in [3.8, 4) is 0 Å². The third kappa shape index (κ3) is 3.33. The van der Waals surface area contributed by atoms with Gasteiger partial charge in [0.1, 0.15) is 5.65 Å². The van der Waals surface area contributed by atoms with E-state index < -0.39 is 0 Å². The molecule has 3 rings (SSSR count). The highest BCUT2D eigenvalue weighted by molar-refractivity contribution is 5.42. The van der Waals surface area contributed by atoms with Gasteiger partial charge in [-0.3, -0.25) is 4.90 Å². The zero-order valence-corrected chi connectivity index (χ0v) is 13.7. The Hall–Kier alpha value is -1.39. The third-order valence-electron chi connectivity index (χ3n) is 4.77. The molecule has 0 aromatic carbocycles. The van der Waals surface area contributed by atoms with E-state index in [1.807, 2.05) is 13.0 Å². The number of aromatic nitrogens is 2. The van der Waals surface area contributed by atoms with E-state index in [9.17, 15) is 5.11 Å². The molecule has 2 heterocycles. The highest BCUT2D eigenvalue weighted by Crippen LogP contribution is 2.25. The Bertz CT molecular complexity index is 614. The molecule has 1 aliphatic rings. The number of aliphatic hydroxyl groups excluding tert-OH is 1. The van der Waals surface area contributed by atoms with Crippen LogP contribution in [0.4, 0.5) is 0 Å². The second kappa shape index (κ2) is 6.80. The number of imidazole rings is 1. The number of hydrogen-bond acceptors (Lipinski definition) is 3. The van der Waals surface area contributed by atoms with E-state index in [1.54, 1.807) is 0 Å². The first-order valence-corrected chi connectivity index (χ1v) is 8.50. The van der Waals surface area contributed by atoms with Crippen LogP contribution >= 0.6 is 0 Å². The molecule has 2 aromatic rings. The lowest BCUT2D eigenvalue weighted by Gasteiger charge is -2.35. The Morgan fingerprint density at radius 2 is 2.09 bits per heavy atom. The zero-order valence-electron chi connectivity index (χ0n) is 13.7. The number of fused-ring (bicyclic) bond motifs is 1. The minimum absolute atomic E-state index is 0.290. The van der Waals surface area contributed by atoms with Crippen LogP contribution in [0.1, 0.15) is 50.4 Å². The van der Waals surface area contributed by atoms with Crippen molar-refractivity contribution in [2.75, 3.05) is 6.54 Å². The first-order valence-electron chi connectivity index (χ1n) is 8.50. The second-order valence-corrected chi connectivity index (χ2v) is 6.64. The van der Waals surface area contributed by atoms with Gasteiger partial charge in [-0.05, 0) is 38.8 Å². The van der Waals surface area contributed by atoms with Crippen LogP contribution in [-0.4, -0.2) is 38.1 Å². The molecule has 1 aliphatic carbocycles. The first-order chi connectivity index (χ1) is 10.6. The van der Waals surface area contributed by atoms with Crippen molar-refractivity contribution in [2.45, 2.75) is 64.6 Å². The monoisotopic (exact) mass is 301 g/mol. The van der Waals surface area contributed by atoms with Gasteiger partial charge < -0.3 is 9.51 Å². The number of nitrogens with zero attached hydrogens (tertiary/aromatic N) is 3. The Morgan fingerprint density at radius 1 is 1.32 bits per heavy atom. The van der Waals surface area contributed by atoms with Crippen LogP contribution in [0.5, 0.6) is 0 Å². The molecule has 0 spiro atoms. The molecule has 0 aliphatic heterocycles. The Kier molecular flexibility index (Phi) is 4.79. The normalized spacial score (nSPS) is 18.2. The van der Waals surface area contributed by atoms with Gasteiger partial charge in [0.2, 0.25) is 0 Å². The van der Waals surface area contributed by atoms with Crippen LogP contribution in [0.2, 0.25) is 0 Å². The number of rotatable bonds is 5. The SMILES string of the molecule is Cc1nc2ccccn2c1CN(CC(C)O)C1CCCCC1.